The number of nitrogens with one attached hydrogen (secondary N) is 2. The average Bonchev–Trinajstić information content (AvgIpc) is 2.90. The third-order valence-electron chi connectivity index (χ3n) is 4.69. The number of aromatic nitrogens is 1. The Balaban J connectivity index is 1.63. The normalized spacial score (nSPS) is 15.3. The number of aromatic amines is 1. The van der Waals surface area contributed by atoms with E-state index in [1.54, 1.807) is 17.9 Å². The monoisotopic (exact) mass is 397 g/mol. The fourth-order valence-electron chi connectivity index (χ4n) is 3.07. The van der Waals surface area contributed by atoms with Crippen molar-refractivity contribution in [3.63, 3.8) is 0 Å². The minimum Gasteiger partial charge on any atom is -0.320 e. The van der Waals surface area contributed by atoms with Gasteiger partial charge in [0.2, 0.25) is 0 Å². The summed E-state index contributed by atoms with van der Waals surface area (Å²) in [6.45, 7) is 3.74. The van der Waals surface area contributed by atoms with Gasteiger partial charge in [0.05, 0.1) is 18.7 Å². The fraction of sp³-hybridized carbons (Fsp3) is 0.368. The number of hydrogen-bond acceptors (Lipinski definition) is 2. The molecule has 150 valence electrons. The second-order valence-corrected chi connectivity index (χ2v) is 6.68. The number of rotatable bonds is 2. The molecule has 1 saturated heterocycles. The zero-order valence-electron chi connectivity index (χ0n) is 15.3. The molecule has 0 saturated carbocycles. The maximum Gasteiger partial charge on any atom is 0.419 e. The molecule has 0 atom stereocenters. The zero-order chi connectivity index (χ0) is 20.3. The van der Waals surface area contributed by atoms with Gasteiger partial charge in [0.15, 0.2) is 0 Å². The summed E-state index contributed by atoms with van der Waals surface area (Å²) in [5.74, 6) is 0.136. The third kappa shape index (κ3) is 4.71. The number of pyridine rings is 1. The van der Waals surface area contributed by atoms with Crippen LogP contribution in [-0.2, 0) is 6.18 Å². The van der Waals surface area contributed by atoms with E-state index in [1.165, 1.54) is 18.2 Å². The van der Waals surface area contributed by atoms with Crippen molar-refractivity contribution in [3.8, 4) is 0 Å². The number of amides is 2. The quantitative estimate of drug-likeness (QED) is 0.786. The molecule has 5 nitrogen and oxygen atoms in total. The highest BCUT2D eigenvalue weighted by Gasteiger charge is 2.32. The van der Waals surface area contributed by atoms with Crippen LogP contribution in [0.15, 0.2) is 36.5 Å². The van der Waals surface area contributed by atoms with Gasteiger partial charge in [-0.15, -0.1) is 0 Å². The highest BCUT2D eigenvalue weighted by molar-refractivity contribution is 5.90. The number of carbonyl (C=O) groups is 1. The van der Waals surface area contributed by atoms with Crippen LogP contribution < -0.4 is 15.2 Å². The number of nitrogens with zero attached hydrogens (tertiary/aromatic N) is 2. The summed E-state index contributed by atoms with van der Waals surface area (Å²) < 4.78 is 51.5. The van der Waals surface area contributed by atoms with Crippen molar-refractivity contribution in [2.24, 2.45) is 0 Å². The van der Waals surface area contributed by atoms with E-state index in [4.69, 9.17) is 0 Å². The number of urea groups is 1. The summed E-state index contributed by atoms with van der Waals surface area (Å²) in [7, 11) is 0. The van der Waals surface area contributed by atoms with Crippen LogP contribution in [0.25, 0.3) is 0 Å². The maximum atomic E-state index is 13.4. The molecule has 0 aliphatic carbocycles. The molecule has 1 aliphatic rings. The lowest BCUT2D eigenvalue weighted by Gasteiger charge is -2.21. The second-order valence-electron chi connectivity index (χ2n) is 6.68. The van der Waals surface area contributed by atoms with Gasteiger partial charge in [-0.25, -0.2) is 14.2 Å². The van der Waals surface area contributed by atoms with Gasteiger partial charge in [-0.3, -0.25) is 4.90 Å². The summed E-state index contributed by atoms with van der Waals surface area (Å²) in [6.07, 6.45) is -2.79. The predicted octanol–water partition coefficient (Wildman–Crippen LogP) is 3.71. The molecular formula is C19H21F4N4O+. The van der Waals surface area contributed by atoms with E-state index < -0.39 is 17.6 Å². The highest BCUT2D eigenvalue weighted by Crippen LogP contribution is 2.28. The largest absolute Gasteiger partial charge is 0.419 e. The first kappa shape index (κ1) is 19.9. The Morgan fingerprint density at radius 2 is 1.89 bits per heavy atom. The lowest BCUT2D eigenvalue weighted by atomic mass is 10.2. The zero-order valence-corrected chi connectivity index (χ0v) is 15.3. The van der Waals surface area contributed by atoms with Gasteiger partial charge in [0, 0.05) is 24.7 Å². The minimum atomic E-state index is -4.39. The van der Waals surface area contributed by atoms with Gasteiger partial charge in [-0.2, -0.15) is 13.2 Å². The maximum absolute atomic E-state index is 13.4. The summed E-state index contributed by atoms with van der Waals surface area (Å²) in [6, 6.07) is 6.30. The molecule has 28 heavy (non-hydrogen) atoms. The SMILES string of the molecule is Cc1ccc(F)cc1NC(=O)N1CCCN(c2ccc(C(F)(F)F)c[nH+]2)CC1. The summed E-state index contributed by atoms with van der Waals surface area (Å²) in [4.78, 5) is 18.7. The Labute approximate surface area is 160 Å². The van der Waals surface area contributed by atoms with Crippen LogP contribution >= 0.6 is 0 Å². The van der Waals surface area contributed by atoms with Gasteiger partial charge >= 0.3 is 12.2 Å². The molecule has 2 amide bonds. The number of alkyl halides is 3. The topological polar surface area (TPSA) is 49.7 Å². The van der Waals surface area contributed by atoms with Crippen molar-refractivity contribution in [3.05, 3.63) is 53.5 Å². The van der Waals surface area contributed by atoms with Gasteiger partial charge < -0.3 is 10.2 Å². The molecule has 1 aromatic heterocycles. The van der Waals surface area contributed by atoms with E-state index in [9.17, 15) is 22.4 Å². The van der Waals surface area contributed by atoms with Gasteiger partial charge in [-0.05, 0) is 30.7 Å². The summed E-state index contributed by atoms with van der Waals surface area (Å²) in [5, 5.41) is 2.72. The van der Waals surface area contributed by atoms with Crippen LogP contribution in [-0.4, -0.2) is 37.1 Å². The number of aryl methyl sites for hydroxylation is 1. The van der Waals surface area contributed by atoms with E-state index in [0.29, 0.717) is 44.1 Å². The number of hydrogen-bond donors (Lipinski definition) is 1. The van der Waals surface area contributed by atoms with E-state index in [0.717, 1.165) is 17.8 Å². The smallest absolute Gasteiger partial charge is 0.320 e. The first-order valence-electron chi connectivity index (χ1n) is 8.90. The highest BCUT2D eigenvalue weighted by atomic mass is 19.4. The van der Waals surface area contributed by atoms with Crippen molar-refractivity contribution in [1.29, 1.82) is 0 Å². The molecule has 1 aliphatic heterocycles. The Hall–Kier alpha value is -2.84. The standard InChI is InChI=1S/C19H20F4N4O/c1-13-3-5-15(20)11-16(13)25-18(28)27-8-2-7-26(9-10-27)17-6-4-14(12-24-17)19(21,22)23/h3-6,11-12H,2,7-10H2,1H3,(H,25,28)/p+1. The molecule has 0 spiro atoms. The van der Waals surface area contributed by atoms with Crippen LogP contribution in [0, 0.1) is 12.7 Å². The number of benzene rings is 1. The predicted molar refractivity (Wildman–Crippen MR) is 96.6 cm³/mol. The van der Waals surface area contributed by atoms with Crippen molar-refractivity contribution in [2.45, 2.75) is 19.5 Å². The van der Waals surface area contributed by atoms with Crippen LogP contribution in [0.4, 0.5) is 33.9 Å². The molecule has 0 radical (unpaired) electrons. The molecule has 1 fully saturated rings. The molecule has 3 rings (SSSR count). The number of H-pyrrole nitrogens is 1. The number of carbonyl (C=O) groups excluding carboxylic acids is 1. The van der Waals surface area contributed by atoms with Gasteiger partial charge in [-0.1, -0.05) is 6.07 Å². The van der Waals surface area contributed by atoms with E-state index in [1.807, 2.05) is 4.90 Å². The first-order chi connectivity index (χ1) is 13.2. The van der Waals surface area contributed by atoms with Crippen LogP contribution in [0.1, 0.15) is 17.5 Å². The van der Waals surface area contributed by atoms with Gasteiger partial charge in [0.25, 0.3) is 5.82 Å². The average molecular weight is 397 g/mol. The molecule has 9 heteroatoms. The van der Waals surface area contributed by atoms with E-state index in [-0.39, 0.29) is 6.03 Å². The minimum absolute atomic E-state index is 0.327. The molecule has 1 aromatic carbocycles. The Kier molecular flexibility index (Phi) is 5.71. The third-order valence-corrected chi connectivity index (χ3v) is 4.69. The second kappa shape index (κ2) is 8.04. The van der Waals surface area contributed by atoms with Crippen LogP contribution in [0.3, 0.4) is 0 Å². The Bertz CT molecular complexity index is 839. The molecule has 2 N–H and O–H groups in total. The van der Waals surface area contributed by atoms with Crippen molar-refractivity contribution >= 4 is 17.5 Å². The number of halogens is 4. The lowest BCUT2D eigenvalue weighted by Crippen LogP contribution is -2.39. The molecule has 2 heterocycles. The lowest BCUT2D eigenvalue weighted by molar-refractivity contribution is -0.367. The summed E-state index contributed by atoms with van der Waals surface area (Å²) in [5.41, 5.74) is 0.435. The van der Waals surface area contributed by atoms with Crippen molar-refractivity contribution in [2.75, 3.05) is 36.4 Å². The van der Waals surface area contributed by atoms with Crippen molar-refractivity contribution < 1.29 is 27.3 Å². The summed E-state index contributed by atoms with van der Waals surface area (Å²) >= 11 is 0. The fourth-order valence-corrected chi connectivity index (χ4v) is 3.07. The number of anilines is 2. The molecular weight excluding hydrogens is 376 g/mol. The molecule has 0 unspecified atom stereocenters. The van der Waals surface area contributed by atoms with Crippen LogP contribution in [0.5, 0.6) is 0 Å². The van der Waals surface area contributed by atoms with Crippen LogP contribution in [0.2, 0.25) is 0 Å². The Morgan fingerprint density at radius 3 is 2.57 bits per heavy atom. The first-order valence-corrected chi connectivity index (χ1v) is 8.90. The van der Waals surface area contributed by atoms with E-state index in [2.05, 4.69) is 10.3 Å². The van der Waals surface area contributed by atoms with Crippen molar-refractivity contribution in [1.82, 2.24) is 4.90 Å². The van der Waals surface area contributed by atoms with E-state index >= 15 is 0 Å². The Morgan fingerprint density at radius 1 is 1.11 bits per heavy atom. The van der Waals surface area contributed by atoms with Gasteiger partial charge in [0.1, 0.15) is 18.6 Å². The molecule has 2 aromatic rings. The molecule has 0 bridgehead atoms.